The molecule has 0 saturated carbocycles. The maximum Gasteiger partial charge on any atom is 0.258 e. The van der Waals surface area contributed by atoms with Gasteiger partial charge in [0.2, 0.25) is 0 Å². The van der Waals surface area contributed by atoms with Crippen molar-refractivity contribution < 1.29 is 9.21 Å². The van der Waals surface area contributed by atoms with Crippen LogP contribution in [0.3, 0.4) is 0 Å². The average Bonchev–Trinajstić information content (AvgIpc) is 2.83. The van der Waals surface area contributed by atoms with Crippen LogP contribution < -0.4 is 11.1 Å². The first-order valence-corrected chi connectivity index (χ1v) is 5.36. The van der Waals surface area contributed by atoms with Gasteiger partial charge in [-0.05, 0) is 24.6 Å². The number of anilines is 1. The third kappa shape index (κ3) is 2.54. The minimum absolute atomic E-state index is 0.129. The largest absolute Gasteiger partial charge is 0.472 e. The van der Waals surface area contributed by atoms with Crippen molar-refractivity contribution in [3.63, 3.8) is 0 Å². The number of nitrogens with two attached hydrogens (primary N) is 1. The number of carbonyl (C=O) groups is 1. The number of amides is 1. The van der Waals surface area contributed by atoms with E-state index in [1.54, 1.807) is 6.07 Å². The Kier molecular flexibility index (Phi) is 3.25. The number of rotatable bonds is 3. The lowest BCUT2D eigenvalue weighted by Crippen LogP contribution is -2.15. The highest BCUT2D eigenvalue weighted by Crippen LogP contribution is 2.21. The molecule has 1 heterocycles. The Morgan fingerprint density at radius 3 is 2.76 bits per heavy atom. The van der Waals surface area contributed by atoms with Crippen LogP contribution in [0.5, 0.6) is 0 Å². The predicted molar refractivity (Wildman–Crippen MR) is 65.7 cm³/mol. The van der Waals surface area contributed by atoms with E-state index in [1.807, 2.05) is 31.2 Å². The highest BCUT2D eigenvalue weighted by atomic mass is 16.3. The molecule has 1 atom stereocenters. The van der Waals surface area contributed by atoms with Crippen LogP contribution in [0.1, 0.15) is 28.9 Å². The second kappa shape index (κ2) is 4.84. The minimum atomic E-state index is -0.202. The summed E-state index contributed by atoms with van der Waals surface area (Å²) in [4.78, 5) is 11.8. The molecule has 0 bridgehead atoms. The molecule has 0 saturated heterocycles. The molecule has 2 aromatic rings. The SMILES string of the molecule is CC(N)c1ccccc1NC(=O)c1ccoc1. The van der Waals surface area contributed by atoms with E-state index in [-0.39, 0.29) is 11.9 Å². The Hall–Kier alpha value is -2.07. The first-order chi connectivity index (χ1) is 8.18. The lowest BCUT2D eigenvalue weighted by molar-refractivity contribution is 0.102. The van der Waals surface area contributed by atoms with E-state index in [4.69, 9.17) is 10.2 Å². The van der Waals surface area contributed by atoms with Crippen LogP contribution in [-0.2, 0) is 0 Å². The maximum atomic E-state index is 11.8. The highest BCUT2D eigenvalue weighted by Gasteiger charge is 2.11. The van der Waals surface area contributed by atoms with Gasteiger partial charge in [0.05, 0.1) is 11.8 Å². The zero-order valence-electron chi connectivity index (χ0n) is 9.51. The third-order valence-electron chi connectivity index (χ3n) is 2.48. The summed E-state index contributed by atoms with van der Waals surface area (Å²) in [5.74, 6) is -0.202. The molecule has 88 valence electrons. The molecule has 0 spiro atoms. The molecule has 1 aromatic carbocycles. The molecule has 0 fully saturated rings. The molecule has 4 heteroatoms. The number of hydrogen-bond donors (Lipinski definition) is 2. The molecule has 0 aliphatic heterocycles. The summed E-state index contributed by atoms with van der Waals surface area (Å²) in [7, 11) is 0. The molecule has 1 amide bonds. The highest BCUT2D eigenvalue weighted by molar-refractivity contribution is 6.04. The molecule has 1 aromatic heterocycles. The van der Waals surface area contributed by atoms with Gasteiger partial charge < -0.3 is 15.5 Å². The molecule has 17 heavy (non-hydrogen) atoms. The van der Waals surface area contributed by atoms with Crippen molar-refractivity contribution in [1.29, 1.82) is 0 Å². The number of hydrogen-bond acceptors (Lipinski definition) is 3. The Morgan fingerprint density at radius 2 is 2.12 bits per heavy atom. The summed E-state index contributed by atoms with van der Waals surface area (Å²) in [5, 5.41) is 2.82. The summed E-state index contributed by atoms with van der Waals surface area (Å²) < 4.78 is 4.87. The van der Waals surface area contributed by atoms with Crippen molar-refractivity contribution in [2.75, 3.05) is 5.32 Å². The van der Waals surface area contributed by atoms with Crippen LogP contribution in [0.15, 0.2) is 47.3 Å². The average molecular weight is 230 g/mol. The van der Waals surface area contributed by atoms with E-state index in [2.05, 4.69) is 5.32 Å². The van der Waals surface area contributed by atoms with Gasteiger partial charge in [-0.1, -0.05) is 18.2 Å². The van der Waals surface area contributed by atoms with Gasteiger partial charge in [0.25, 0.3) is 5.91 Å². The van der Waals surface area contributed by atoms with E-state index in [0.717, 1.165) is 11.3 Å². The number of benzene rings is 1. The van der Waals surface area contributed by atoms with Gasteiger partial charge >= 0.3 is 0 Å². The smallest absolute Gasteiger partial charge is 0.258 e. The fraction of sp³-hybridized carbons (Fsp3) is 0.154. The molecule has 0 aliphatic carbocycles. The summed E-state index contributed by atoms with van der Waals surface area (Å²) in [6.45, 7) is 1.88. The first kappa shape index (κ1) is 11.4. The Balaban J connectivity index is 2.22. The van der Waals surface area contributed by atoms with Crippen LogP contribution in [0.4, 0.5) is 5.69 Å². The van der Waals surface area contributed by atoms with Crippen LogP contribution in [-0.4, -0.2) is 5.91 Å². The maximum absolute atomic E-state index is 11.8. The fourth-order valence-corrected chi connectivity index (χ4v) is 1.60. The van der Waals surface area contributed by atoms with Crippen molar-refractivity contribution in [2.24, 2.45) is 5.73 Å². The van der Waals surface area contributed by atoms with Crippen molar-refractivity contribution in [2.45, 2.75) is 13.0 Å². The monoisotopic (exact) mass is 230 g/mol. The van der Waals surface area contributed by atoms with E-state index in [0.29, 0.717) is 5.56 Å². The van der Waals surface area contributed by atoms with Gasteiger partial charge in [-0.25, -0.2) is 0 Å². The number of furan rings is 1. The second-order valence-corrected chi connectivity index (χ2v) is 3.84. The molecule has 0 aliphatic rings. The Labute approximate surface area is 99.4 Å². The molecule has 3 N–H and O–H groups in total. The van der Waals surface area contributed by atoms with Crippen molar-refractivity contribution >= 4 is 11.6 Å². The van der Waals surface area contributed by atoms with Crippen molar-refractivity contribution in [3.8, 4) is 0 Å². The van der Waals surface area contributed by atoms with Crippen LogP contribution >= 0.6 is 0 Å². The number of carbonyl (C=O) groups excluding carboxylic acids is 1. The van der Waals surface area contributed by atoms with Gasteiger partial charge in [-0.15, -0.1) is 0 Å². The predicted octanol–water partition coefficient (Wildman–Crippen LogP) is 2.55. The quantitative estimate of drug-likeness (QED) is 0.851. The molecule has 2 rings (SSSR count). The fourth-order valence-electron chi connectivity index (χ4n) is 1.60. The standard InChI is InChI=1S/C13H14N2O2/c1-9(14)11-4-2-3-5-12(11)15-13(16)10-6-7-17-8-10/h2-9H,14H2,1H3,(H,15,16). The molecule has 4 nitrogen and oxygen atoms in total. The lowest BCUT2D eigenvalue weighted by Gasteiger charge is -2.12. The van der Waals surface area contributed by atoms with Gasteiger partial charge in [-0.2, -0.15) is 0 Å². The minimum Gasteiger partial charge on any atom is -0.472 e. The van der Waals surface area contributed by atoms with E-state index in [9.17, 15) is 4.79 Å². The van der Waals surface area contributed by atoms with Gasteiger partial charge in [0.15, 0.2) is 0 Å². The second-order valence-electron chi connectivity index (χ2n) is 3.84. The van der Waals surface area contributed by atoms with Crippen LogP contribution in [0, 0.1) is 0 Å². The topological polar surface area (TPSA) is 68.3 Å². The van der Waals surface area contributed by atoms with Gasteiger partial charge in [0.1, 0.15) is 6.26 Å². The lowest BCUT2D eigenvalue weighted by atomic mass is 10.1. The summed E-state index contributed by atoms with van der Waals surface area (Å²) in [5.41, 5.74) is 7.97. The van der Waals surface area contributed by atoms with Gasteiger partial charge in [0, 0.05) is 11.7 Å². The normalized spacial score (nSPS) is 12.1. The van der Waals surface area contributed by atoms with Crippen molar-refractivity contribution in [1.82, 2.24) is 0 Å². The summed E-state index contributed by atoms with van der Waals surface area (Å²) >= 11 is 0. The zero-order chi connectivity index (χ0) is 12.3. The molecular formula is C13H14N2O2. The van der Waals surface area contributed by atoms with E-state index >= 15 is 0 Å². The van der Waals surface area contributed by atoms with Crippen LogP contribution in [0.2, 0.25) is 0 Å². The molecule has 1 unspecified atom stereocenters. The number of nitrogens with one attached hydrogen (secondary N) is 1. The van der Waals surface area contributed by atoms with E-state index in [1.165, 1.54) is 12.5 Å². The Bertz CT molecular complexity index is 504. The van der Waals surface area contributed by atoms with Crippen LogP contribution in [0.25, 0.3) is 0 Å². The Morgan fingerprint density at radius 1 is 1.35 bits per heavy atom. The summed E-state index contributed by atoms with van der Waals surface area (Å²) in [6.07, 6.45) is 2.87. The first-order valence-electron chi connectivity index (χ1n) is 5.36. The van der Waals surface area contributed by atoms with E-state index < -0.39 is 0 Å². The number of para-hydroxylation sites is 1. The third-order valence-corrected chi connectivity index (χ3v) is 2.48. The molecular weight excluding hydrogens is 216 g/mol. The van der Waals surface area contributed by atoms with Crippen molar-refractivity contribution in [3.05, 3.63) is 54.0 Å². The zero-order valence-corrected chi connectivity index (χ0v) is 9.51. The summed E-state index contributed by atoms with van der Waals surface area (Å²) in [6, 6.07) is 8.97. The molecule has 0 radical (unpaired) electrons. The van der Waals surface area contributed by atoms with Gasteiger partial charge in [-0.3, -0.25) is 4.79 Å².